The molecule has 0 amide bonds. The molecular weight excluding hydrogens is 723 g/mol. The highest BCUT2D eigenvalue weighted by atomic mass is 16.3. The lowest BCUT2D eigenvalue weighted by Gasteiger charge is -2.44. The summed E-state index contributed by atoms with van der Waals surface area (Å²) in [5.74, 6) is 0. The molecular formula is C53H39BN2O3. The first-order chi connectivity index (χ1) is 28.7. The first kappa shape index (κ1) is 32.3. The molecule has 0 radical (unpaired) electrons. The molecule has 0 saturated heterocycles. The van der Waals surface area contributed by atoms with E-state index in [9.17, 15) is 0 Å². The van der Waals surface area contributed by atoms with Gasteiger partial charge in [0.25, 0.3) is 0 Å². The number of para-hydroxylation sites is 4. The predicted molar refractivity (Wildman–Crippen MR) is 244 cm³/mol. The van der Waals surface area contributed by atoms with Gasteiger partial charge in [-0.15, -0.1) is 0 Å². The third-order valence-corrected chi connectivity index (χ3v) is 14.5. The van der Waals surface area contributed by atoms with Crippen LogP contribution >= 0.6 is 0 Å². The molecule has 0 N–H and O–H groups in total. The summed E-state index contributed by atoms with van der Waals surface area (Å²) < 4.78 is 23.2. The zero-order chi connectivity index (χ0) is 39.3. The molecule has 2 aliphatic heterocycles. The van der Waals surface area contributed by atoms with Crippen molar-refractivity contribution < 1.29 is 13.3 Å². The zero-order valence-electron chi connectivity index (χ0n) is 33.7. The van der Waals surface area contributed by atoms with Gasteiger partial charge in [0.2, 0.25) is 0 Å². The van der Waals surface area contributed by atoms with Crippen LogP contribution < -0.4 is 15.8 Å². The number of nitrogens with zero attached hydrogens (tertiary/aromatic N) is 2. The van der Waals surface area contributed by atoms with Crippen LogP contribution in [-0.2, 0) is 10.8 Å². The van der Waals surface area contributed by atoms with Crippen LogP contribution in [0.15, 0.2) is 135 Å². The van der Waals surface area contributed by atoms with E-state index in [0.717, 1.165) is 94.6 Å². The fraction of sp³-hybridized carbons (Fsp3) is 0.170. The molecule has 0 atom stereocenters. The van der Waals surface area contributed by atoms with Gasteiger partial charge in [-0.3, -0.25) is 0 Å². The quantitative estimate of drug-likeness (QED) is 0.156. The normalized spacial score (nSPS) is 16.3. The van der Waals surface area contributed by atoms with E-state index >= 15 is 0 Å². The summed E-state index contributed by atoms with van der Waals surface area (Å²) in [6.07, 6.45) is 2.32. The molecule has 14 rings (SSSR count). The molecule has 0 saturated carbocycles. The number of fused-ring (bicyclic) bond motifs is 17. The van der Waals surface area contributed by atoms with Gasteiger partial charge in [-0.25, -0.2) is 0 Å². The van der Waals surface area contributed by atoms with Crippen molar-refractivity contribution in [3.05, 3.63) is 138 Å². The first-order valence-electron chi connectivity index (χ1n) is 21.0. The molecule has 7 aromatic carbocycles. The number of benzene rings is 7. The van der Waals surface area contributed by atoms with Gasteiger partial charge in [-0.05, 0) is 113 Å². The monoisotopic (exact) mass is 762 g/mol. The Balaban J connectivity index is 1.21. The second-order valence-electron chi connectivity index (χ2n) is 18.7. The van der Waals surface area contributed by atoms with E-state index in [1.165, 1.54) is 50.9 Å². The Hall–Kier alpha value is -6.66. The lowest BCUT2D eigenvalue weighted by molar-refractivity contribution is 0.332. The molecule has 282 valence electrons. The third kappa shape index (κ3) is 3.89. The minimum absolute atomic E-state index is 0.0347. The van der Waals surface area contributed by atoms with Crippen molar-refractivity contribution in [2.24, 2.45) is 0 Å². The van der Waals surface area contributed by atoms with Crippen LogP contribution in [0.1, 0.15) is 57.2 Å². The topological polar surface area (TPSA) is 47.6 Å². The largest absolute Gasteiger partial charge is 0.456 e. The highest BCUT2D eigenvalue weighted by Crippen LogP contribution is 2.53. The third-order valence-electron chi connectivity index (χ3n) is 14.5. The molecule has 0 unspecified atom stereocenters. The van der Waals surface area contributed by atoms with Gasteiger partial charge >= 0.3 is 6.85 Å². The summed E-state index contributed by atoms with van der Waals surface area (Å²) in [5, 5.41) is 6.71. The van der Waals surface area contributed by atoms with Crippen molar-refractivity contribution in [1.29, 1.82) is 0 Å². The molecule has 0 spiro atoms. The van der Waals surface area contributed by atoms with E-state index in [1.54, 1.807) is 0 Å². The van der Waals surface area contributed by atoms with Crippen LogP contribution in [0.3, 0.4) is 0 Å². The fourth-order valence-electron chi connectivity index (χ4n) is 11.6. The Morgan fingerprint density at radius 1 is 0.508 bits per heavy atom. The molecule has 0 bridgehead atoms. The van der Waals surface area contributed by atoms with Gasteiger partial charge < -0.3 is 22.6 Å². The van der Waals surface area contributed by atoms with Crippen molar-refractivity contribution in [3.63, 3.8) is 0 Å². The average molecular weight is 763 g/mol. The Morgan fingerprint density at radius 2 is 1.12 bits per heavy atom. The maximum atomic E-state index is 7.01. The molecule has 1 aliphatic carbocycles. The van der Waals surface area contributed by atoms with Gasteiger partial charge in [-0.2, -0.15) is 0 Å². The Labute approximate surface area is 340 Å². The van der Waals surface area contributed by atoms with Crippen LogP contribution in [0.5, 0.6) is 0 Å². The van der Waals surface area contributed by atoms with Crippen molar-refractivity contribution in [1.82, 2.24) is 4.48 Å². The summed E-state index contributed by atoms with van der Waals surface area (Å²) in [4.78, 5) is 2.60. The maximum absolute atomic E-state index is 7.01. The van der Waals surface area contributed by atoms with Crippen molar-refractivity contribution in [2.45, 2.75) is 58.3 Å². The van der Waals surface area contributed by atoms with Crippen LogP contribution in [0.25, 0.3) is 88.0 Å². The molecule has 6 heteroatoms. The van der Waals surface area contributed by atoms with Crippen molar-refractivity contribution >= 4 is 112 Å². The molecule has 6 heterocycles. The van der Waals surface area contributed by atoms with Gasteiger partial charge in [0.1, 0.15) is 27.9 Å². The van der Waals surface area contributed by atoms with Gasteiger partial charge in [0.15, 0.2) is 5.58 Å². The predicted octanol–water partition coefficient (Wildman–Crippen LogP) is 13.4. The smallest absolute Gasteiger partial charge is 0.333 e. The van der Waals surface area contributed by atoms with E-state index in [1.807, 2.05) is 0 Å². The fourth-order valence-corrected chi connectivity index (χ4v) is 11.6. The van der Waals surface area contributed by atoms with Gasteiger partial charge in [0, 0.05) is 66.0 Å². The van der Waals surface area contributed by atoms with E-state index < -0.39 is 0 Å². The van der Waals surface area contributed by atoms with E-state index in [4.69, 9.17) is 13.3 Å². The number of hydrogen-bond acceptors (Lipinski definition) is 4. The highest BCUT2D eigenvalue weighted by molar-refractivity contribution is 6.90. The molecule has 5 nitrogen and oxygen atoms in total. The molecule has 3 aliphatic rings. The van der Waals surface area contributed by atoms with E-state index in [-0.39, 0.29) is 17.7 Å². The minimum Gasteiger partial charge on any atom is -0.456 e. The molecule has 59 heavy (non-hydrogen) atoms. The summed E-state index contributed by atoms with van der Waals surface area (Å²) in [7, 11) is 0. The lowest BCUT2D eigenvalue weighted by atomic mass is 9.45. The SMILES string of the molecule is Cc1cc2c(cc1N1c3cc4c(cc3B3c5c1cc1c(oc6ccccc61)c5-c1cccc5c6oc7ccccc7c6n3c15)oc1ccccc14)C(C)(C)CCC2(C)C. The van der Waals surface area contributed by atoms with E-state index in [2.05, 4.69) is 165 Å². The maximum Gasteiger partial charge on any atom is 0.333 e. The Kier molecular flexibility index (Phi) is 5.75. The standard InChI is InChI=1S/C53H39BN2O3/c1-28-23-36-37(53(4,5)22-21-52(36,2)3)26-39(28)55-40-24-34-29-13-6-9-18-42(29)57-45(34)27-38(40)54-47-41(55)25-35-30-14-7-10-19-43(30)58-50(35)46(47)32-16-12-17-33-48(32)56(54)49-31-15-8-11-20-44(31)59-51(33)49/h6-20,23-27H,21-22H2,1-5H3. The van der Waals surface area contributed by atoms with E-state index in [0.29, 0.717) is 0 Å². The van der Waals surface area contributed by atoms with Gasteiger partial charge in [0.05, 0.1) is 5.52 Å². The van der Waals surface area contributed by atoms with Crippen LogP contribution in [0.2, 0.25) is 0 Å². The number of furan rings is 3. The second kappa shape index (κ2) is 10.5. The van der Waals surface area contributed by atoms with Gasteiger partial charge in [-0.1, -0.05) is 94.4 Å². The molecule has 4 aromatic heterocycles. The van der Waals surface area contributed by atoms with Crippen molar-refractivity contribution in [3.8, 4) is 11.1 Å². The molecule has 0 fully saturated rings. The minimum atomic E-state index is -0.203. The highest BCUT2D eigenvalue weighted by Gasteiger charge is 2.46. The first-order valence-corrected chi connectivity index (χ1v) is 21.0. The van der Waals surface area contributed by atoms with Crippen LogP contribution in [0.4, 0.5) is 17.1 Å². The van der Waals surface area contributed by atoms with Crippen LogP contribution in [0, 0.1) is 6.92 Å². The zero-order valence-corrected chi connectivity index (χ0v) is 33.7. The second-order valence-corrected chi connectivity index (χ2v) is 18.7. The number of anilines is 3. The van der Waals surface area contributed by atoms with Crippen LogP contribution in [-0.4, -0.2) is 11.3 Å². The Morgan fingerprint density at radius 3 is 1.88 bits per heavy atom. The summed E-state index contributed by atoms with van der Waals surface area (Å²) in [6, 6.07) is 44.4. The Bertz CT molecular complexity index is 3720. The number of aryl methyl sites for hydroxylation is 1. The molecule has 11 aromatic rings. The van der Waals surface area contributed by atoms with Crippen molar-refractivity contribution in [2.75, 3.05) is 4.90 Å². The number of rotatable bonds is 1. The summed E-state index contributed by atoms with van der Waals surface area (Å²) in [5.41, 5.74) is 20.3. The summed E-state index contributed by atoms with van der Waals surface area (Å²) >= 11 is 0. The average Bonchev–Trinajstić information content (AvgIpc) is 3.99. The lowest BCUT2D eigenvalue weighted by Crippen LogP contribution is -2.56. The number of aromatic nitrogens is 1. The summed E-state index contributed by atoms with van der Waals surface area (Å²) in [6.45, 7) is 11.8. The number of hydrogen-bond donors (Lipinski definition) is 0.